The van der Waals surface area contributed by atoms with Gasteiger partial charge in [0, 0.05) is 12.2 Å². The summed E-state index contributed by atoms with van der Waals surface area (Å²) in [5, 5.41) is 12.2. The first kappa shape index (κ1) is 19.3. The molecule has 0 atom stereocenters. The summed E-state index contributed by atoms with van der Waals surface area (Å²) >= 11 is 0. The van der Waals surface area contributed by atoms with Crippen molar-refractivity contribution in [2.24, 2.45) is 0 Å². The summed E-state index contributed by atoms with van der Waals surface area (Å²) in [5.74, 6) is 0.569. The molecule has 0 saturated carbocycles. The van der Waals surface area contributed by atoms with Crippen LogP contribution >= 0.6 is 0 Å². The van der Waals surface area contributed by atoms with Crippen LogP contribution in [0.3, 0.4) is 0 Å². The molecule has 0 aliphatic carbocycles. The van der Waals surface area contributed by atoms with Crippen LogP contribution in [-0.4, -0.2) is 24.2 Å². The van der Waals surface area contributed by atoms with E-state index in [9.17, 15) is 4.79 Å². The molecule has 0 fully saturated rings. The first-order chi connectivity index (χ1) is 13.7. The molecular formula is C23H23NO4. The molecule has 2 N–H and O–H groups in total. The van der Waals surface area contributed by atoms with E-state index in [2.05, 4.69) is 5.32 Å². The van der Waals surface area contributed by atoms with Gasteiger partial charge in [0.05, 0.1) is 12.2 Å². The van der Waals surface area contributed by atoms with Gasteiger partial charge in [-0.1, -0.05) is 30.3 Å². The second-order valence-electron chi connectivity index (χ2n) is 6.26. The molecule has 0 aliphatic rings. The number of hydrogen-bond donors (Lipinski definition) is 2. The first-order valence-electron chi connectivity index (χ1n) is 9.17. The molecule has 28 heavy (non-hydrogen) atoms. The molecule has 3 rings (SSSR count). The van der Waals surface area contributed by atoms with E-state index < -0.39 is 5.97 Å². The number of carboxylic acids is 1. The van der Waals surface area contributed by atoms with Crippen molar-refractivity contribution in [1.82, 2.24) is 0 Å². The van der Waals surface area contributed by atoms with E-state index in [0.717, 1.165) is 30.0 Å². The SMILES string of the molecule is O=C(O)c1ccc(OCCCNc2ccc(OCc3ccccc3)cc2)cc1. The largest absolute Gasteiger partial charge is 0.494 e. The lowest BCUT2D eigenvalue weighted by atomic mass is 10.2. The average Bonchev–Trinajstić information content (AvgIpc) is 2.74. The number of ether oxygens (including phenoxy) is 2. The van der Waals surface area contributed by atoms with E-state index in [4.69, 9.17) is 14.6 Å². The number of benzene rings is 3. The van der Waals surface area contributed by atoms with Crippen LogP contribution in [-0.2, 0) is 6.61 Å². The number of rotatable bonds is 10. The highest BCUT2D eigenvalue weighted by Gasteiger charge is 2.02. The molecule has 5 heteroatoms. The summed E-state index contributed by atoms with van der Waals surface area (Å²) in [6, 6.07) is 24.4. The molecular weight excluding hydrogens is 354 g/mol. The molecule has 5 nitrogen and oxygen atoms in total. The predicted octanol–water partition coefficient (Wildman–Crippen LogP) is 4.84. The fourth-order valence-corrected chi connectivity index (χ4v) is 2.60. The van der Waals surface area contributed by atoms with Crippen LogP contribution < -0.4 is 14.8 Å². The number of hydrogen-bond acceptors (Lipinski definition) is 4. The standard InChI is InChI=1S/C23H23NO4/c25-23(26)19-7-11-21(12-8-19)27-16-4-15-24-20-9-13-22(14-10-20)28-17-18-5-2-1-3-6-18/h1-3,5-14,24H,4,15-17H2,(H,25,26). The van der Waals surface area contributed by atoms with Gasteiger partial charge in [0.1, 0.15) is 18.1 Å². The molecule has 0 spiro atoms. The highest BCUT2D eigenvalue weighted by Crippen LogP contribution is 2.17. The maximum Gasteiger partial charge on any atom is 0.335 e. The fraction of sp³-hybridized carbons (Fsp3) is 0.174. The van der Waals surface area contributed by atoms with Crippen LogP contribution in [0.2, 0.25) is 0 Å². The number of carbonyl (C=O) groups is 1. The first-order valence-corrected chi connectivity index (χ1v) is 9.17. The van der Waals surface area contributed by atoms with Gasteiger partial charge < -0.3 is 19.9 Å². The minimum Gasteiger partial charge on any atom is -0.494 e. The van der Waals surface area contributed by atoms with Gasteiger partial charge in [-0.3, -0.25) is 0 Å². The maximum absolute atomic E-state index is 10.8. The predicted molar refractivity (Wildman–Crippen MR) is 109 cm³/mol. The molecule has 0 bridgehead atoms. The Labute approximate surface area is 164 Å². The molecule has 0 aliphatic heterocycles. The highest BCUT2D eigenvalue weighted by molar-refractivity contribution is 5.87. The Morgan fingerprint density at radius 3 is 2.14 bits per heavy atom. The number of anilines is 1. The van der Waals surface area contributed by atoms with E-state index >= 15 is 0 Å². The van der Waals surface area contributed by atoms with E-state index in [1.165, 1.54) is 12.1 Å². The monoisotopic (exact) mass is 377 g/mol. The van der Waals surface area contributed by atoms with Crippen LogP contribution in [0.4, 0.5) is 5.69 Å². The second-order valence-corrected chi connectivity index (χ2v) is 6.26. The summed E-state index contributed by atoms with van der Waals surface area (Å²) < 4.78 is 11.4. The van der Waals surface area contributed by atoms with E-state index in [1.54, 1.807) is 12.1 Å². The summed E-state index contributed by atoms with van der Waals surface area (Å²) in [6.07, 6.45) is 0.826. The van der Waals surface area contributed by atoms with Gasteiger partial charge in [0.25, 0.3) is 0 Å². The molecule has 3 aromatic rings. The zero-order valence-corrected chi connectivity index (χ0v) is 15.5. The quantitative estimate of drug-likeness (QED) is 0.495. The van der Waals surface area contributed by atoms with Gasteiger partial charge in [0.15, 0.2) is 0 Å². The van der Waals surface area contributed by atoms with Crippen molar-refractivity contribution in [3.63, 3.8) is 0 Å². The summed E-state index contributed by atoms with van der Waals surface area (Å²) in [4.78, 5) is 10.8. The minimum absolute atomic E-state index is 0.255. The maximum atomic E-state index is 10.8. The van der Waals surface area contributed by atoms with E-state index in [-0.39, 0.29) is 5.56 Å². The van der Waals surface area contributed by atoms with Crippen molar-refractivity contribution < 1.29 is 19.4 Å². The van der Waals surface area contributed by atoms with Crippen molar-refractivity contribution in [3.8, 4) is 11.5 Å². The Hall–Kier alpha value is -3.47. The number of aromatic carboxylic acids is 1. The normalized spacial score (nSPS) is 10.3. The molecule has 144 valence electrons. The van der Waals surface area contributed by atoms with Crippen molar-refractivity contribution in [2.75, 3.05) is 18.5 Å². The Morgan fingerprint density at radius 2 is 1.46 bits per heavy atom. The van der Waals surface area contributed by atoms with Crippen LogP contribution in [0.15, 0.2) is 78.9 Å². The molecule has 0 amide bonds. The van der Waals surface area contributed by atoms with Crippen molar-refractivity contribution in [3.05, 3.63) is 90.0 Å². The Balaban J connectivity index is 1.34. The lowest BCUT2D eigenvalue weighted by molar-refractivity contribution is 0.0697. The van der Waals surface area contributed by atoms with Gasteiger partial charge in [-0.05, 0) is 60.5 Å². The van der Waals surface area contributed by atoms with Crippen molar-refractivity contribution in [2.45, 2.75) is 13.0 Å². The van der Waals surface area contributed by atoms with Gasteiger partial charge in [-0.2, -0.15) is 0 Å². The van der Waals surface area contributed by atoms with Gasteiger partial charge in [-0.25, -0.2) is 4.79 Å². The Morgan fingerprint density at radius 1 is 0.821 bits per heavy atom. The highest BCUT2D eigenvalue weighted by atomic mass is 16.5. The number of carboxylic acid groups (broad SMARTS) is 1. The zero-order valence-electron chi connectivity index (χ0n) is 15.5. The van der Waals surface area contributed by atoms with Gasteiger partial charge in [-0.15, -0.1) is 0 Å². The lowest BCUT2D eigenvalue weighted by Gasteiger charge is -2.10. The van der Waals surface area contributed by atoms with Gasteiger partial charge in [0.2, 0.25) is 0 Å². The minimum atomic E-state index is -0.938. The van der Waals surface area contributed by atoms with E-state index in [1.807, 2.05) is 54.6 Å². The molecule has 0 saturated heterocycles. The Kier molecular flexibility index (Phi) is 6.90. The third kappa shape index (κ3) is 6.06. The molecule has 0 heterocycles. The molecule has 0 aromatic heterocycles. The van der Waals surface area contributed by atoms with Crippen LogP contribution in [0.25, 0.3) is 0 Å². The van der Waals surface area contributed by atoms with Crippen LogP contribution in [0.1, 0.15) is 22.3 Å². The molecule has 3 aromatic carbocycles. The number of nitrogens with one attached hydrogen (secondary N) is 1. The Bertz CT molecular complexity index is 861. The van der Waals surface area contributed by atoms with Crippen molar-refractivity contribution >= 4 is 11.7 Å². The third-order valence-corrected chi connectivity index (χ3v) is 4.12. The average molecular weight is 377 g/mol. The summed E-state index contributed by atoms with van der Waals surface area (Å²) in [5.41, 5.74) is 2.42. The van der Waals surface area contributed by atoms with Crippen LogP contribution in [0.5, 0.6) is 11.5 Å². The smallest absolute Gasteiger partial charge is 0.335 e. The van der Waals surface area contributed by atoms with Crippen LogP contribution in [0, 0.1) is 0 Å². The third-order valence-electron chi connectivity index (χ3n) is 4.12. The van der Waals surface area contributed by atoms with Crippen molar-refractivity contribution in [1.29, 1.82) is 0 Å². The fourth-order valence-electron chi connectivity index (χ4n) is 2.60. The summed E-state index contributed by atoms with van der Waals surface area (Å²) in [6.45, 7) is 1.88. The summed E-state index contributed by atoms with van der Waals surface area (Å²) in [7, 11) is 0. The zero-order chi connectivity index (χ0) is 19.6. The lowest BCUT2D eigenvalue weighted by Crippen LogP contribution is -2.07. The van der Waals surface area contributed by atoms with Gasteiger partial charge >= 0.3 is 5.97 Å². The topological polar surface area (TPSA) is 67.8 Å². The molecule has 0 radical (unpaired) electrons. The molecule has 0 unspecified atom stereocenters. The second kappa shape index (κ2) is 10.0. The van der Waals surface area contributed by atoms with E-state index in [0.29, 0.717) is 19.0 Å².